The van der Waals surface area contributed by atoms with Crippen molar-refractivity contribution in [2.45, 2.75) is 0 Å². The lowest BCUT2D eigenvalue weighted by Crippen LogP contribution is -1.81. The summed E-state index contributed by atoms with van der Waals surface area (Å²) in [5, 5.41) is 0. The van der Waals surface area contributed by atoms with E-state index in [4.69, 9.17) is 0 Å². The van der Waals surface area contributed by atoms with E-state index in [1.165, 1.54) is 0 Å². The van der Waals surface area contributed by atoms with Crippen molar-refractivity contribution in [1.29, 1.82) is 0 Å². The standard InChI is InChI=1S/C22H17N3/c1-2-9-17(10-3-1)11-8-16-23-19-13-5-4-12-18(19)22-24-20-14-6-7-15-21(20)25-22/h1-16H,(H,24,25). The van der Waals surface area contributed by atoms with Crippen LogP contribution in [0.1, 0.15) is 5.56 Å². The summed E-state index contributed by atoms with van der Waals surface area (Å²) in [6.07, 6.45) is 5.80. The summed E-state index contributed by atoms with van der Waals surface area (Å²) in [5.74, 6) is 0.834. The second-order valence-corrected chi connectivity index (χ2v) is 5.67. The van der Waals surface area contributed by atoms with E-state index >= 15 is 0 Å². The summed E-state index contributed by atoms with van der Waals surface area (Å²) in [4.78, 5) is 12.6. The molecule has 0 fully saturated rings. The minimum Gasteiger partial charge on any atom is -0.338 e. The van der Waals surface area contributed by atoms with Crippen LogP contribution >= 0.6 is 0 Å². The quantitative estimate of drug-likeness (QED) is 0.485. The number of fused-ring (bicyclic) bond motifs is 1. The Morgan fingerprint density at radius 2 is 1.56 bits per heavy atom. The lowest BCUT2D eigenvalue weighted by molar-refractivity contribution is 1.33. The van der Waals surface area contributed by atoms with Gasteiger partial charge in [0.05, 0.1) is 16.7 Å². The van der Waals surface area contributed by atoms with Crippen molar-refractivity contribution < 1.29 is 0 Å². The second-order valence-electron chi connectivity index (χ2n) is 5.67. The maximum atomic E-state index is 4.67. The number of para-hydroxylation sites is 3. The zero-order valence-electron chi connectivity index (χ0n) is 13.6. The van der Waals surface area contributed by atoms with Crippen molar-refractivity contribution in [2.24, 2.45) is 4.99 Å². The summed E-state index contributed by atoms with van der Waals surface area (Å²) >= 11 is 0. The Morgan fingerprint density at radius 1 is 0.800 bits per heavy atom. The van der Waals surface area contributed by atoms with E-state index in [-0.39, 0.29) is 0 Å². The number of aliphatic imine (C=N–C) groups is 1. The minimum atomic E-state index is 0.834. The summed E-state index contributed by atoms with van der Waals surface area (Å²) in [6.45, 7) is 0. The molecule has 0 atom stereocenters. The third kappa shape index (κ3) is 3.40. The van der Waals surface area contributed by atoms with E-state index in [0.717, 1.165) is 33.7 Å². The highest BCUT2D eigenvalue weighted by Crippen LogP contribution is 2.29. The maximum absolute atomic E-state index is 4.67. The highest BCUT2D eigenvalue weighted by molar-refractivity contribution is 5.86. The molecule has 4 rings (SSSR count). The third-order valence-corrected chi connectivity index (χ3v) is 3.94. The van der Waals surface area contributed by atoms with Gasteiger partial charge in [0.1, 0.15) is 5.82 Å². The second kappa shape index (κ2) is 6.97. The molecule has 4 aromatic rings. The normalized spacial score (nSPS) is 11.7. The molecular formula is C22H17N3. The lowest BCUT2D eigenvalue weighted by Gasteiger charge is -2.01. The molecule has 3 aromatic carbocycles. The van der Waals surface area contributed by atoms with Gasteiger partial charge >= 0.3 is 0 Å². The van der Waals surface area contributed by atoms with Crippen molar-refractivity contribution in [3.8, 4) is 11.4 Å². The molecule has 0 saturated carbocycles. The number of rotatable bonds is 4. The first kappa shape index (κ1) is 15.1. The number of benzene rings is 3. The summed E-state index contributed by atoms with van der Waals surface area (Å²) in [6, 6.07) is 26.2. The molecule has 3 nitrogen and oxygen atoms in total. The SMILES string of the molecule is C(=Cc1ccccc1)C=Nc1ccccc1-c1nc2ccccc2[nH]1. The van der Waals surface area contributed by atoms with E-state index < -0.39 is 0 Å². The van der Waals surface area contributed by atoms with Gasteiger partial charge < -0.3 is 4.98 Å². The monoisotopic (exact) mass is 323 g/mol. The van der Waals surface area contributed by atoms with Gasteiger partial charge in [0.15, 0.2) is 0 Å². The number of hydrogen-bond acceptors (Lipinski definition) is 2. The van der Waals surface area contributed by atoms with Crippen LogP contribution in [0.2, 0.25) is 0 Å². The molecule has 120 valence electrons. The molecule has 0 aliphatic heterocycles. The third-order valence-electron chi connectivity index (χ3n) is 3.94. The molecule has 0 spiro atoms. The Bertz CT molecular complexity index is 1010. The van der Waals surface area contributed by atoms with Crippen LogP contribution < -0.4 is 0 Å². The number of nitrogens with one attached hydrogen (secondary N) is 1. The molecule has 0 unspecified atom stereocenters. The molecule has 0 aliphatic carbocycles. The molecule has 1 aromatic heterocycles. The number of imidazole rings is 1. The van der Waals surface area contributed by atoms with Gasteiger partial charge in [-0.2, -0.15) is 0 Å². The van der Waals surface area contributed by atoms with Gasteiger partial charge in [-0.3, -0.25) is 4.99 Å². The molecule has 25 heavy (non-hydrogen) atoms. The topological polar surface area (TPSA) is 41.0 Å². The van der Waals surface area contributed by atoms with Crippen molar-refractivity contribution in [2.75, 3.05) is 0 Å². The predicted octanol–water partition coefficient (Wildman–Crippen LogP) is 5.65. The Balaban J connectivity index is 1.63. The van der Waals surface area contributed by atoms with E-state index in [2.05, 4.69) is 27.1 Å². The molecule has 3 heteroatoms. The van der Waals surface area contributed by atoms with Crippen LogP contribution in [0.5, 0.6) is 0 Å². The zero-order valence-corrected chi connectivity index (χ0v) is 13.6. The summed E-state index contributed by atoms with van der Waals surface area (Å²) in [5.41, 5.74) is 5.02. The number of hydrogen-bond donors (Lipinski definition) is 1. The van der Waals surface area contributed by atoms with Gasteiger partial charge in [-0.05, 0) is 35.9 Å². The lowest BCUT2D eigenvalue weighted by atomic mass is 10.1. The van der Waals surface area contributed by atoms with Gasteiger partial charge in [-0.25, -0.2) is 4.98 Å². The summed E-state index contributed by atoms with van der Waals surface area (Å²) in [7, 11) is 0. The molecule has 0 saturated heterocycles. The van der Waals surface area contributed by atoms with Gasteiger partial charge in [0.2, 0.25) is 0 Å². The van der Waals surface area contributed by atoms with E-state index in [0.29, 0.717) is 0 Å². The van der Waals surface area contributed by atoms with Crippen molar-refractivity contribution in [1.82, 2.24) is 9.97 Å². The average Bonchev–Trinajstić information content (AvgIpc) is 3.10. The molecule has 1 N–H and O–H groups in total. The van der Waals surface area contributed by atoms with Crippen LogP contribution in [0.3, 0.4) is 0 Å². The molecule has 0 bridgehead atoms. The smallest absolute Gasteiger partial charge is 0.140 e. The molecule has 0 aliphatic rings. The molecule has 0 radical (unpaired) electrons. The Hall–Kier alpha value is -3.46. The first-order chi connectivity index (χ1) is 12.4. The van der Waals surface area contributed by atoms with E-state index in [9.17, 15) is 0 Å². The van der Waals surface area contributed by atoms with E-state index in [1.807, 2.05) is 85.1 Å². The van der Waals surface area contributed by atoms with Gasteiger partial charge in [-0.15, -0.1) is 0 Å². The van der Waals surface area contributed by atoms with Gasteiger partial charge in [-0.1, -0.05) is 60.7 Å². The number of allylic oxidation sites excluding steroid dienone is 1. The maximum Gasteiger partial charge on any atom is 0.140 e. The van der Waals surface area contributed by atoms with Crippen LogP contribution in [-0.4, -0.2) is 16.2 Å². The van der Waals surface area contributed by atoms with Crippen molar-refractivity contribution in [3.05, 3.63) is 90.5 Å². The highest BCUT2D eigenvalue weighted by Gasteiger charge is 2.08. The largest absolute Gasteiger partial charge is 0.338 e. The fourth-order valence-corrected chi connectivity index (χ4v) is 2.71. The van der Waals surface area contributed by atoms with Crippen molar-refractivity contribution in [3.63, 3.8) is 0 Å². The average molecular weight is 323 g/mol. The molecular weight excluding hydrogens is 306 g/mol. The Morgan fingerprint density at radius 3 is 2.44 bits per heavy atom. The predicted molar refractivity (Wildman–Crippen MR) is 105 cm³/mol. The van der Waals surface area contributed by atoms with Crippen LogP contribution in [0.4, 0.5) is 5.69 Å². The van der Waals surface area contributed by atoms with Crippen LogP contribution in [0.25, 0.3) is 28.5 Å². The van der Waals surface area contributed by atoms with Gasteiger partial charge in [0, 0.05) is 11.8 Å². The number of nitrogens with zero attached hydrogens (tertiary/aromatic N) is 2. The Kier molecular flexibility index (Phi) is 4.21. The number of aromatic amines is 1. The zero-order chi connectivity index (χ0) is 16.9. The van der Waals surface area contributed by atoms with Gasteiger partial charge in [0.25, 0.3) is 0 Å². The highest BCUT2D eigenvalue weighted by atomic mass is 14.9. The number of aromatic nitrogens is 2. The fraction of sp³-hybridized carbons (Fsp3) is 0. The fourth-order valence-electron chi connectivity index (χ4n) is 2.71. The minimum absolute atomic E-state index is 0.834. The van der Waals surface area contributed by atoms with Crippen LogP contribution in [-0.2, 0) is 0 Å². The molecule has 1 heterocycles. The first-order valence-electron chi connectivity index (χ1n) is 8.20. The van der Waals surface area contributed by atoms with E-state index in [1.54, 1.807) is 0 Å². The molecule has 0 amide bonds. The summed E-state index contributed by atoms with van der Waals surface area (Å²) < 4.78 is 0. The Labute approximate surface area is 146 Å². The van der Waals surface area contributed by atoms with Crippen molar-refractivity contribution >= 4 is 29.0 Å². The van der Waals surface area contributed by atoms with Crippen LogP contribution in [0, 0.1) is 0 Å². The number of H-pyrrole nitrogens is 1. The van der Waals surface area contributed by atoms with Crippen LogP contribution in [0.15, 0.2) is 89.9 Å². The first-order valence-corrected chi connectivity index (χ1v) is 8.20.